The van der Waals surface area contributed by atoms with E-state index in [0.717, 1.165) is 31.2 Å². The fraction of sp³-hybridized carbons (Fsp3) is 0.222. The molecule has 1 fully saturated rings. The molecule has 3 aromatic carbocycles. The van der Waals surface area contributed by atoms with E-state index in [1.54, 1.807) is 30.3 Å². The highest BCUT2D eigenvalue weighted by Crippen LogP contribution is 2.25. The van der Waals surface area contributed by atoms with E-state index in [2.05, 4.69) is 5.32 Å². The maximum absolute atomic E-state index is 14.0. The molecule has 0 saturated heterocycles. The summed E-state index contributed by atoms with van der Waals surface area (Å²) in [4.78, 5) is 31.1. The summed E-state index contributed by atoms with van der Waals surface area (Å²) in [5, 5.41) is 3.91. The molecule has 4 aromatic rings. The third kappa shape index (κ3) is 4.75. The molecule has 34 heavy (non-hydrogen) atoms. The van der Waals surface area contributed by atoms with Gasteiger partial charge in [-0.1, -0.05) is 61.0 Å². The quantitative estimate of drug-likeness (QED) is 0.297. The summed E-state index contributed by atoms with van der Waals surface area (Å²) in [6, 6.07) is 21.0. The predicted octanol–water partition coefficient (Wildman–Crippen LogP) is 5.49. The average Bonchev–Trinajstić information content (AvgIpc) is 3.36. The molecule has 1 saturated carbocycles. The van der Waals surface area contributed by atoms with Gasteiger partial charge in [0.1, 0.15) is 5.82 Å². The second-order valence-corrected chi connectivity index (χ2v) is 9.42. The molecule has 0 spiro atoms. The summed E-state index contributed by atoms with van der Waals surface area (Å²) >= 11 is 1.40. The number of nitrogens with zero attached hydrogens (tertiary/aromatic N) is 2. The molecule has 0 radical (unpaired) electrons. The van der Waals surface area contributed by atoms with Gasteiger partial charge in [0, 0.05) is 17.4 Å². The maximum Gasteiger partial charge on any atom is 0.266 e. The number of hydrogen-bond acceptors (Lipinski definition) is 4. The smallest absolute Gasteiger partial charge is 0.266 e. The monoisotopic (exact) mass is 473 g/mol. The Morgan fingerprint density at radius 3 is 2.59 bits per heavy atom. The second-order valence-electron chi connectivity index (χ2n) is 8.48. The summed E-state index contributed by atoms with van der Waals surface area (Å²) in [5.74, 6) is 0.0153. The van der Waals surface area contributed by atoms with E-state index in [0.29, 0.717) is 33.1 Å². The van der Waals surface area contributed by atoms with E-state index in [1.807, 2.05) is 30.3 Å². The Bertz CT molecular complexity index is 1400. The topological polar surface area (TPSA) is 64.0 Å². The van der Waals surface area contributed by atoms with E-state index < -0.39 is 5.82 Å². The Kier molecular flexibility index (Phi) is 6.45. The minimum atomic E-state index is -0.428. The number of rotatable bonds is 6. The summed E-state index contributed by atoms with van der Waals surface area (Å²) in [6.45, 7) is 0. The van der Waals surface area contributed by atoms with Crippen LogP contribution in [0.25, 0.3) is 16.6 Å². The van der Waals surface area contributed by atoms with Gasteiger partial charge in [0.15, 0.2) is 5.16 Å². The van der Waals surface area contributed by atoms with Crippen molar-refractivity contribution in [1.82, 2.24) is 14.9 Å². The van der Waals surface area contributed by atoms with Crippen LogP contribution in [0.15, 0.2) is 82.7 Å². The van der Waals surface area contributed by atoms with E-state index >= 15 is 0 Å². The minimum Gasteiger partial charge on any atom is -0.349 e. The van der Waals surface area contributed by atoms with Gasteiger partial charge in [-0.3, -0.25) is 14.2 Å². The highest BCUT2D eigenvalue weighted by Gasteiger charge is 2.20. The number of thioether (sulfide) groups is 1. The minimum absolute atomic E-state index is 0.150. The highest BCUT2D eigenvalue weighted by molar-refractivity contribution is 7.98. The molecule has 0 aliphatic heterocycles. The Balaban J connectivity index is 1.56. The molecule has 5 rings (SSSR count). The molecular weight excluding hydrogens is 449 g/mol. The van der Waals surface area contributed by atoms with Crippen molar-refractivity contribution >= 4 is 28.6 Å². The van der Waals surface area contributed by atoms with E-state index in [4.69, 9.17) is 4.98 Å². The zero-order chi connectivity index (χ0) is 23.5. The van der Waals surface area contributed by atoms with Crippen molar-refractivity contribution < 1.29 is 9.18 Å². The van der Waals surface area contributed by atoms with Gasteiger partial charge in [0.05, 0.1) is 16.6 Å². The van der Waals surface area contributed by atoms with Crippen molar-refractivity contribution in [2.45, 2.75) is 42.6 Å². The molecule has 1 amide bonds. The normalized spacial score (nSPS) is 13.9. The zero-order valence-corrected chi connectivity index (χ0v) is 19.4. The highest BCUT2D eigenvalue weighted by atomic mass is 32.2. The first-order chi connectivity index (χ1) is 16.6. The summed E-state index contributed by atoms with van der Waals surface area (Å²) in [5.41, 5.74) is 2.13. The Labute approximate surface area is 201 Å². The summed E-state index contributed by atoms with van der Waals surface area (Å²) in [6.07, 6.45) is 4.25. The largest absolute Gasteiger partial charge is 0.349 e. The lowest BCUT2D eigenvalue weighted by Gasteiger charge is -2.15. The standard InChI is InChI=1S/C27H24FN3O2S/c28-20-9-6-12-22(16-20)31-26(33)23-14-13-19(25(32)29-21-10-4-5-11-21)15-24(23)30-27(31)34-17-18-7-2-1-3-8-18/h1-3,6-9,12-16,21H,4-5,10-11,17H2,(H,29,32). The van der Waals surface area contributed by atoms with Crippen molar-refractivity contribution in [3.63, 3.8) is 0 Å². The van der Waals surface area contributed by atoms with Crippen molar-refractivity contribution in [1.29, 1.82) is 0 Å². The molecule has 1 aromatic heterocycles. The van der Waals surface area contributed by atoms with Gasteiger partial charge in [-0.25, -0.2) is 9.37 Å². The number of nitrogens with one attached hydrogen (secondary N) is 1. The van der Waals surface area contributed by atoms with Crippen molar-refractivity contribution in [2.75, 3.05) is 0 Å². The van der Waals surface area contributed by atoms with Gasteiger partial charge in [0.2, 0.25) is 0 Å². The van der Waals surface area contributed by atoms with Crippen LogP contribution >= 0.6 is 11.8 Å². The predicted molar refractivity (Wildman–Crippen MR) is 133 cm³/mol. The fourth-order valence-electron chi connectivity index (χ4n) is 4.31. The van der Waals surface area contributed by atoms with E-state index in [9.17, 15) is 14.0 Å². The fourth-order valence-corrected chi connectivity index (χ4v) is 5.28. The van der Waals surface area contributed by atoms with Gasteiger partial charge in [-0.2, -0.15) is 0 Å². The van der Waals surface area contributed by atoms with Crippen LogP contribution < -0.4 is 10.9 Å². The van der Waals surface area contributed by atoms with Crippen molar-refractivity contribution in [3.8, 4) is 5.69 Å². The number of carbonyl (C=O) groups excluding carboxylic acids is 1. The molecule has 0 unspecified atom stereocenters. The zero-order valence-electron chi connectivity index (χ0n) is 18.5. The molecule has 0 atom stereocenters. The number of halogens is 1. The Hall–Kier alpha value is -3.45. The molecule has 7 heteroatoms. The van der Waals surface area contributed by atoms with Crippen LogP contribution in [0.5, 0.6) is 0 Å². The van der Waals surface area contributed by atoms with Crippen LogP contribution in [0, 0.1) is 5.82 Å². The first kappa shape index (κ1) is 22.3. The molecule has 172 valence electrons. The van der Waals surface area contributed by atoms with Gasteiger partial charge in [-0.05, 0) is 54.8 Å². The number of fused-ring (bicyclic) bond motifs is 1. The SMILES string of the molecule is O=C(NC1CCCC1)c1ccc2c(=O)n(-c3cccc(F)c3)c(SCc3ccccc3)nc2c1. The van der Waals surface area contributed by atoms with Crippen LogP contribution in [0.4, 0.5) is 4.39 Å². The van der Waals surface area contributed by atoms with Gasteiger partial charge in [0.25, 0.3) is 11.5 Å². The van der Waals surface area contributed by atoms with Crippen LogP contribution in [-0.2, 0) is 5.75 Å². The molecule has 1 aliphatic rings. The summed E-state index contributed by atoms with van der Waals surface area (Å²) in [7, 11) is 0. The Morgan fingerprint density at radius 2 is 1.82 bits per heavy atom. The number of amides is 1. The van der Waals surface area contributed by atoms with Crippen LogP contribution in [-0.4, -0.2) is 21.5 Å². The maximum atomic E-state index is 14.0. The lowest BCUT2D eigenvalue weighted by Crippen LogP contribution is -2.32. The molecule has 5 nitrogen and oxygen atoms in total. The van der Waals surface area contributed by atoms with Crippen LogP contribution in [0.2, 0.25) is 0 Å². The van der Waals surface area contributed by atoms with Gasteiger partial charge in [-0.15, -0.1) is 0 Å². The molecule has 1 aliphatic carbocycles. The molecule has 1 heterocycles. The first-order valence-electron chi connectivity index (χ1n) is 11.4. The van der Waals surface area contributed by atoms with Crippen LogP contribution in [0.3, 0.4) is 0 Å². The van der Waals surface area contributed by atoms with Crippen LogP contribution in [0.1, 0.15) is 41.6 Å². The van der Waals surface area contributed by atoms with Gasteiger partial charge < -0.3 is 5.32 Å². The lowest BCUT2D eigenvalue weighted by molar-refractivity contribution is 0.0938. The number of aromatic nitrogens is 2. The van der Waals surface area contributed by atoms with Crippen molar-refractivity contribution in [2.24, 2.45) is 0 Å². The van der Waals surface area contributed by atoms with E-state index in [1.165, 1.54) is 28.5 Å². The second kappa shape index (κ2) is 9.81. The Morgan fingerprint density at radius 1 is 1.03 bits per heavy atom. The summed E-state index contributed by atoms with van der Waals surface area (Å²) < 4.78 is 15.4. The first-order valence-corrected chi connectivity index (χ1v) is 12.4. The lowest BCUT2D eigenvalue weighted by atomic mass is 10.1. The molecule has 1 N–H and O–H groups in total. The number of hydrogen-bond donors (Lipinski definition) is 1. The third-order valence-electron chi connectivity index (χ3n) is 6.07. The number of benzene rings is 3. The van der Waals surface area contributed by atoms with Crippen molar-refractivity contribution in [3.05, 3.63) is 100 Å². The molecule has 0 bridgehead atoms. The third-order valence-corrected chi connectivity index (χ3v) is 7.08. The number of carbonyl (C=O) groups is 1. The van der Waals surface area contributed by atoms with E-state index in [-0.39, 0.29) is 17.5 Å². The average molecular weight is 474 g/mol. The van der Waals surface area contributed by atoms with Gasteiger partial charge >= 0.3 is 0 Å². The molecular formula is C27H24FN3O2S.